The number of halogens is 2. The fourth-order valence-electron chi connectivity index (χ4n) is 4.53. The third kappa shape index (κ3) is 3.80. The maximum absolute atomic E-state index is 3.50. The van der Waals surface area contributed by atoms with Crippen LogP contribution in [-0.2, 0) is 6.42 Å². The standard InChI is InChI=1S/C22H26N2.2ClH/c1-2-4-20-17(3-1)14-19-15-18(7-8-21(19)20)22(13-16-5-6-16)24-11-9-23-10-12-24;;/h1-4,7-8,15-16,22-23H,5-6,9-14H2;2*1H/t22-;;/m1../s1. The van der Waals surface area contributed by atoms with Crippen LogP contribution in [0.15, 0.2) is 42.5 Å². The van der Waals surface area contributed by atoms with Gasteiger partial charge in [0.1, 0.15) is 0 Å². The molecule has 1 heterocycles. The van der Waals surface area contributed by atoms with Crippen LogP contribution in [0.4, 0.5) is 0 Å². The van der Waals surface area contributed by atoms with E-state index in [1.807, 2.05) is 0 Å². The molecule has 0 unspecified atom stereocenters. The Morgan fingerprint density at radius 2 is 1.65 bits per heavy atom. The van der Waals surface area contributed by atoms with Gasteiger partial charge in [-0.25, -0.2) is 0 Å². The molecule has 1 N–H and O–H groups in total. The van der Waals surface area contributed by atoms with Crippen LogP contribution in [0.1, 0.15) is 42.0 Å². The first-order chi connectivity index (χ1) is 11.9. The number of rotatable bonds is 4. The number of hydrogen-bond donors (Lipinski definition) is 1. The Bertz CT molecular complexity index is 752. The second-order valence-electron chi connectivity index (χ2n) is 7.73. The summed E-state index contributed by atoms with van der Waals surface area (Å²) >= 11 is 0. The van der Waals surface area contributed by atoms with Crippen LogP contribution in [0, 0.1) is 5.92 Å². The van der Waals surface area contributed by atoms with Gasteiger partial charge in [-0.3, -0.25) is 4.90 Å². The molecule has 26 heavy (non-hydrogen) atoms. The number of nitrogens with one attached hydrogen (secondary N) is 1. The number of benzene rings is 2. The summed E-state index contributed by atoms with van der Waals surface area (Å²) in [7, 11) is 0. The van der Waals surface area contributed by atoms with Gasteiger partial charge in [0.2, 0.25) is 0 Å². The van der Waals surface area contributed by atoms with Crippen molar-refractivity contribution in [2.45, 2.75) is 31.7 Å². The highest BCUT2D eigenvalue weighted by atomic mass is 35.5. The normalized spacial score (nSPS) is 19.7. The average molecular weight is 391 g/mol. The fourth-order valence-corrected chi connectivity index (χ4v) is 4.53. The molecule has 0 amide bonds. The van der Waals surface area contributed by atoms with Gasteiger partial charge in [0, 0.05) is 32.2 Å². The molecular weight excluding hydrogens is 363 g/mol. The lowest BCUT2D eigenvalue weighted by Crippen LogP contribution is -2.45. The summed E-state index contributed by atoms with van der Waals surface area (Å²) in [6, 6.07) is 16.8. The minimum atomic E-state index is 0. The van der Waals surface area contributed by atoms with Crippen molar-refractivity contribution in [3.05, 3.63) is 59.2 Å². The van der Waals surface area contributed by atoms with Gasteiger partial charge in [-0.1, -0.05) is 55.3 Å². The van der Waals surface area contributed by atoms with E-state index in [0.717, 1.165) is 25.4 Å². The first-order valence-corrected chi connectivity index (χ1v) is 9.54. The molecule has 4 heteroatoms. The van der Waals surface area contributed by atoms with Crippen molar-refractivity contribution in [3.8, 4) is 11.1 Å². The Hall–Kier alpha value is -1.06. The highest BCUT2D eigenvalue weighted by Crippen LogP contribution is 2.42. The quantitative estimate of drug-likeness (QED) is 0.684. The Morgan fingerprint density at radius 1 is 0.923 bits per heavy atom. The molecule has 1 aliphatic heterocycles. The van der Waals surface area contributed by atoms with Crippen LogP contribution in [0.2, 0.25) is 0 Å². The topological polar surface area (TPSA) is 15.3 Å². The van der Waals surface area contributed by atoms with E-state index in [0.29, 0.717) is 6.04 Å². The molecule has 0 spiro atoms. The monoisotopic (exact) mass is 390 g/mol. The first kappa shape index (κ1) is 19.7. The maximum atomic E-state index is 3.50. The van der Waals surface area contributed by atoms with E-state index in [2.05, 4.69) is 52.7 Å². The van der Waals surface area contributed by atoms with Crippen molar-refractivity contribution < 1.29 is 0 Å². The SMILES string of the molecule is Cl.Cl.c1ccc2c(c1)Cc1cc([C@@H](CC3CC3)N3CCNCC3)ccc1-2. The number of hydrogen-bond acceptors (Lipinski definition) is 2. The lowest BCUT2D eigenvalue weighted by molar-refractivity contribution is 0.160. The van der Waals surface area contributed by atoms with Gasteiger partial charge in [0.15, 0.2) is 0 Å². The Labute approximate surface area is 169 Å². The molecule has 2 nitrogen and oxygen atoms in total. The molecule has 1 saturated heterocycles. The summed E-state index contributed by atoms with van der Waals surface area (Å²) in [5.41, 5.74) is 7.48. The summed E-state index contributed by atoms with van der Waals surface area (Å²) in [6.07, 6.45) is 5.35. The Morgan fingerprint density at radius 3 is 2.42 bits per heavy atom. The van der Waals surface area contributed by atoms with Crippen LogP contribution in [0.5, 0.6) is 0 Å². The number of fused-ring (bicyclic) bond motifs is 3. The lowest BCUT2D eigenvalue weighted by atomic mass is 9.95. The third-order valence-corrected chi connectivity index (χ3v) is 6.05. The molecule has 2 aromatic carbocycles. The third-order valence-electron chi connectivity index (χ3n) is 6.05. The van der Waals surface area contributed by atoms with Gasteiger partial charge >= 0.3 is 0 Å². The maximum Gasteiger partial charge on any atom is 0.0351 e. The second-order valence-corrected chi connectivity index (χ2v) is 7.73. The van der Waals surface area contributed by atoms with Crippen molar-refractivity contribution in [3.63, 3.8) is 0 Å². The van der Waals surface area contributed by atoms with Crippen LogP contribution in [-0.4, -0.2) is 31.1 Å². The molecule has 140 valence electrons. The minimum absolute atomic E-state index is 0. The summed E-state index contributed by atoms with van der Waals surface area (Å²) in [4.78, 5) is 2.72. The molecule has 5 rings (SSSR count). The molecule has 0 aromatic heterocycles. The van der Waals surface area contributed by atoms with Crippen molar-refractivity contribution in [2.75, 3.05) is 26.2 Å². The first-order valence-electron chi connectivity index (χ1n) is 9.54. The largest absolute Gasteiger partial charge is 0.314 e. The van der Waals surface area contributed by atoms with Crippen LogP contribution < -0.4 is 5.32 Å². The average Bonchev–Trinajstić information content (AvgIpc) is 3.38. The lowest BCUT2D eigenvalue weighted by Gasteiger charge is -2.35. The van der Waals surface area contributed by atoms with Crippen molar-refractivity contribution in [1.29, 1.82) is 0 Å². The zero-order valence-corrected chi connectivity index (χ0v) is 16.7. The zero-order chi connectivity index (χ0) is 15.9. The predicted molar refractivity (Wildman–Crippen MR) is 114 cm³/mol. The van der Waals surface area contributed by atoms with E-state index in [4.69, 9.17) is 0 Å². The highest BCUT2D eigenvalue weighted by molar-refractivity contribution is 5.85. The van der Waals surface area contributed by atoms with Gasteiger partial charge in [0.05, 0.1) is 0 Å². The van der Waals surface area contributed by atoms with Gasteiger partial charge in [-0.2, -0.15) is 0 Å². The van der Waals surface area contributed by atoms with E-state index in [1.165, 1.54) is 54.6 Å². The van der Waals surface area contributed by atoms with E-state index in [-0.39, 0.29) is 24.8 Å². The number of piperazine rings is 1. The predicted octanol–water partition coefficient (Wildman–Crippen LogP) is 4.85. The molecular formula is C22H28Cl2N2. The minimum Gasteiger partial charge on any atom is -0.314 e. The number of nitrogens with zero attached hydrogens (tertiary/aromatic N) is 1. The summed E-state index contributed by atoms with van der Waals surface area (Å²) in [5, 5.41) is 3.50. The van der Waals surface area contributed by atoms with Gasteiger partial charge in [-0.15, -0.1) is 24.8 Å². The van der Waals surface area contributed by atoms with Gasteiger partial charge in [0.25, 0.3) is 0 Å². The highest BCUT2D eigenvalue weighted by Gasteiger charge is 2.31. The van der Waals surface area contributed by atoms with Gasteiger partial charge in [-0.05, 0) is 46.6 Å². The van der Waals surface area contributed by atoms with Crippen LogP contribution in [0.3, 0.4) is 0 Å². The van der Waals surface area contributed by atoms with Gasteiger partial charge < -0.3 is 5.32 Å². The molecule has 2 fully saturated rings. The van der Waals surface area contributed by atoms with Crippen molar-refractivity contribution in [2.24, 2.45) is 5.92 Å². The van der Waals surface area contributed by atoms with E-state index >= 15 is 0 Å². The summed E-state index contributed by atoms with van der Waals surface area (Å²) in [5.74, 6) is 0.968. The molecule has 1 atom stereocenters. The molecule has 3 aliphatic rings. The summed E-state index contributed by atoms with van der Waals surface area (Å²) in [6.45, 7) is 4.65. The van der Waals surface area contributed by atoms with Crippen LogP contribution >= 0.6 is 24.8 Å². The Balaban J connectivity index is 0.000000980. The van der Waals surface area contributed by atoms with Crippen molar-refractivity contribution in [1.82, 2.24) is 10.2 Å². The fraction of sp³-hybridized carbons (Fsp3) is 0.455. The van der Waals surface area contributed by atoms with E-state index in [9.17, 15) is 0 Å². The van der Waals surface area contributed by atoms with E-state index < -0.39 is 0 Å². The second kappa shape index (κ2) is 8.31. The smallest absolute Gasteiger partial charge is 0.0351 e. The molecule has 1 saturated carbocycles. The summed E-state index contributed by atoms with van der Waals surface area (Å²) < 4.78 is 0. The molecule has 0 bridgehead atoms. The van der Waals surface area contributed by atoms with Crippen molar-refractivity contribution >= 4 is 24.8 Å². The molecule has 0 radical (unpaired) electrons. The van der Waals surface area contributed by atoms with E-state index in [1.54, 1.807) is 5.56 Å². The molecule has 2 aliphatic carbocycles. The Kier molecular flexibility index (Phi) is 6.29. The zero-order valence-electron chi connectivity index (χ0n) is 15.1. The van der Waals surface area contributed by atoms with Crippen LogP contribution in [0.25, 0.3) is 11.1 Å². The molecule has 2 aromatic rings.